The first-order valence-corrected chi connectivity index (χ1v) is 14.9. The van der Waals surface area contributed by atoms with Crippen molar-refractivity contribution in [2.45, 2.75) is 57.2 Å². The second kappa shape index (κ2) is 15.3. The minimum absolute atomic E-state index is 0.0830. The number of carboxylic acids is 1. The zero-order valence-electron chi connectivity index (χ0n) is 23.0. The van der Waals surface area contributed by atoms with Gasteiger partial charge in [-0.3, -0.25) is 14.5 Å². The van der Waals surface area contributed by atoms with Gasteiger partial charge in [0.05, 0.1) is 0 Å². The van der Waals surface area contributed by atoms with E-state index in [9.17, 15) is 19.5 Å². The largest absolute Gasteiger partial charge is 0.481 e. The predicted molar refractivity (Wildman–Crippen MR) is 164 cm³/mol. The maximum atomic E-state index is 13.4. The monoisotopic (exact) mass is 620 g/mol. The molecule has 1 unspecified atom stereocenters. The molecule has 0 aromatic heterocycles. The van der Waals surface area contributed by atoms with Crippen LogP contribution in [0.3, 0.4) is 0 Å². The minimum atomic E-state index is -0.821. The van der Waals surface area contributed by atoms with Crippen LogP contribution in [0.15, 0.2) is 83.3 Å². The fraction of sp³-hybridized carbons (Fsp3) is 0.344. The van der Waals surface area contributed by atoms with E-state index < -0.39 is 18.0 Å². The summed E-state index contributed by atoms with van der Waals surface area (Å²) in [6.45, 7) is 1.47. The van der Waals surface area contributed by atoms with Gasteiger partial charge in [-0.15, -0.1) is 0 Å². The number of carbonyl (C=O) groups is 3. The van der Waals surface area contributed by atoms with Crippen molar-refractivity contribution in [3.05, 3.63) is 100 Å². The lowest BCUT2D eigenvalue weighted by atomic mass is 9.86. The van der Waals surface area contributed by atoms with Crippen LogP contribution in [-0.2, 0) is 22.6 Å². The van der Waals surface area contributed by atoms with Gasteiger partial charge in [0.2, 0.25) is 5.91 Å². The number of nitrogens with zero attached hydrogens (tertiary/aromatic N) is 1. The Morgan fingerprint density at radius 2 is 1.68 bits per heavy atom. The number of carboxylic acid groups (broad SMARTS) is 1. The minimum Gasteiger partial charge on any atom is -0.481 e. The number of hydrogen-bond donors (Lipinski definition) is 4. The molecule has 1 aliphatic rings. The Morgan fingerprint density at radius 1 is 0.951 bits per heavy atom. The third-order valence-corrected chi connectivity index (χ3v) is 7.88. The first kappa shape index (κ1) is 30.3. The van der Waals surface area contributed by atoms with Gasteiger partial charge >= 0.3 is 12.0 Å². The molecule has 3 aromatic rings. The van der Waals surface area contributed by atoms with Crippen molar-refractivity contribution in [2.24, 2.45) is 0 Å². The van der Waals surface area contributed by atoms with Crippen molar-refractivity contribution in [2.75, 3.05) is 18.4 Å². The van der Waals surface area contributed by atoms with Gasteiger partial charge < -0.3 is 21.1 Å². The number of hydrogen-bond acceptors (Lipinski definition) is 4. The highest BCUT2D eigenvalue weighted by atomic mass is 79.9. The SMILES string of the molecule is O=C(O)CCCN(CC[C@H](NC(=O)Nc1ccc(Br)cc1)C(=O)NCc1ccccc1)C1CCCc2ccccc21. The molecular formula is C32H37BrN4O4. The van der Waals surface area contributed by atoms with Gasteiger partial charge in [0.15, 0.2) is 0 Å². The lowest BCUT2D eigenvalue weighted by Crippen LogP contribution is -2.49. The van der Waals surface area contributed by atoms with Crippen LogP contribution in [0.4, 0.5) is 10.5 Å². The maximum absolute atomic E-state index is 13.4. The standard InChI is InChI=1S/C32H37BrN4O4/c33-25-15-17-26(18-16-25)35-32(41)36-28(31(40)34-22-23-8-2-1-3-9-23)19-21-37(20-7-14-30(38)39)29-13-6-11-24-10-4-5-12-27(24)29/h1-5,8-10,12,15-18,28-29H,6-7,11,13-14,19-22H2,(H,34,40)(H,38,39)(H2,35,36,41)/t28-,29?/m0/s1. The Labute approximate surface area is 249 Å². The Hall–Kier alpha value is -3.69. The summed E-state index contributed by atoms with van der Waals surface area (Å²) < 4.78 is 0.897. The topological polar surface area (TPSA) is 111 Å². The molecule has 216 valence electrons. The number of aryl methyl sites for hydroxylation is 1. The van der Waals surface area contributed by atoms with E-state index in [1.165, 1.54) is 11.1 Å². The highest BCUT2D eigenvalue weighted by molar-refractivity contribution is 9.10. The fourth-order valence-electron chi connectivity index (χ4n) is 5.30. The van der Waals surface area contributed by atoms with Gasteiger partial charge in [0, 0.05) is 35.7 Å². The number of benzene rings is 3. The van der Waals surface area contributed by atoms with E-state index >= 15 is 0 Å². The van der Waals surface area contributed by atoms with E-state index in [2.05, 4.69) is 55.0 Å². The van der Waals surface area contributed by atoms with Crippen LogP contribution in [0.1, 0.15) is 54.8 Å². The molecule has 4 N–H and O–H groups in total. The average Bonchev–Trinajstić information content (AvgIpc) is 2.98. The first-order chi connectivity index (χ1) is 19.9. The first-order valence-electron chi connectivity index (χ1n) is 14.1. The fourth-order valence-corrected chi connectivity index (χ4v) is 5.56. The Bertz CT molecular complexity index is 1300. The zero-order chi connectivity index (χ0) is 29.0. The molecule has 41 heavy (non-hydrogen) atoms. The lowest BCUT2D eigenvalue weighted by Gasteiger charge is -2.36. The van der Waals surface area contributed by atoms with Crippen LogP contribution < -0.4 is 16.0 Å². The molecule has 0 heterocycles. The summed E-state index contributed by atoms with van der Waals surface area (Å²) in [6, 6.07) is 24.1. The second-order valence-electron chi connectivity index (χ2n) is 10.3. The summed E-state index contributed by atoms with van der Waals surface area (Å²) in [6.07, 6.45) is 4.01. The number of aliphatic carboxylic acids is 1. The number of amides is 3. The Morgan fingerprint density at radius 3 is 2.44 bits per heavy atom. The van der Waals surface area contributed by atoms with Crippen molar-refractivity contribution in [3.63, 3.8) is 0 Å². The van der Waals surface area contributed by atoms with E-state index in [1.54, 1.807) is 12.1 Å². The number of nitrogens with one attached hydrogen (secondary N) is 3. The van der Waals surface area contributed by atoms with Gasteiger partial charge in [-0.2, -0.15) is 0 Å². The third-order valence-electron chi connectivity index (χ3n) is 7.35. The van der Waals surface area contributed by atoms with Gasteiger partial charge in [0.25, 0.3) is 0 Å². The van der Waals surface area contributed by atoms with Crippen LogP contribution in [0.2, 0.25) is 0 Å². The summed E-state index contributed by atoms with van der Waals surface area (Å²) in [5, 5.41) is 17.9. The quantitative estimate of drug-likeness (QED) is 0.190. The van der Waals surface area contributed by atoms with Crippen LogP contribution in [-0.4, -0.2) is 47.0 Å². The molecule has 4 rings (SSSR count). The summed E-state index contributed by atoms with van der Waals surface area (Å²) >= 11 is 3.39. The van der Waals surface area contributed by atoms with E-state index in [-0.39, 0.29) is 18.4 Å². The molecule has 0 aliphatic heterocycles. The highest BCUT2D eigenvalue weighted by Crippen LogP contribution is 2.34. The molecule has 9 heteroatoms. The average molecular weight is 622 g/mol. The summed E-state index contributed by atoms with van der Waals surface area (Å²) in [4.78, 5) is 39.9. The summed E-state index contributed by atoms with van der Waals surface area (Å²) in [7, 11) is 0. The molecule has 8 nitrogen and oxygen atoms in total. The molecule has 3 amide bonds. The normalized spacial score (nSPS) is 15.0. The number of rotatable bonds is 13. The lowest BCUT2D eigenvalue weighted by molar-refractivity contribution is -0.137. The van der Waals surface area contributed by atoms with Crippen LogP contribution >= 0.6 is 15.9 Å². The molecule has 3 aromatic carbocycles. The molecule has 0 bridgehead atoms. The molecule has 0 radical (unpaired) electrons. The third kappa shape index (κ3) is 9.43. The van der Waals surface area contributed by atoms with Crippen molar-refractivity contribution in [1.82, 2.24) is 15.5 Å². The van der Waals surface area contributed by atoms with Gasteiger partial charge in [-0.25, -0.2) is 4.79 Å². The zero-order valence-corrected chi connectivity index (χ0v) is 24.6. The van der Waals surface area contributed by atoms with E-state index in [0.717, 1.165) is 29.3 Å². The Kier molecular flexibility index (Phi) is 11.3. The maximum Gasteiger partial charge on any atom is 0.319 e. The predicted octanol–water partition coefficient (Wildman–Crippen LogP) is 5.89. The summed E-state index contributed by atoms with van der Waals surface area (Å²) in [5.74, 6) is -1.09. The molecule has 2 atom stereocenters. The molecule has 0 spiro atoms. The van der Waals surface area contributed by atoms with E-state index in [0.29, 0.717) is 38.2 Å². The van der Waals surface area contributed by atoms with E-state index in [4.69, 9.17) is 0 Å². The van der Waals surface area contributed by atoms with Crippen molar-refractivity contribution >= 4 is 39.5 Å². The summed E-state index contributed by atoms with van der Waals surface area (Å²) in [5.41, 5.74) is 4.16. The molecular weight excluding hydrogens is 584 g/mol. The number of anilines is 1. The van der Waals surface area contributed by atoms with Gasteiger partial charge in [-0.05, 0) is 79.6 Å². The second-order valence-corrected chi connectivity index (χ2v) is 11.2. The molecule has 1 aliphatic carbocycles. The van der Waals surface area contributed by atoms with Gasteiger partial charge in [0.1, 0.15) is 6.04 Å². The van der Waals surface area contributed by atoms with Gasteiger partial charge in [-0.1, -0.05) is 70.5 Å². The smallest absolute Gasteiger partial charge is 0.319 e. The van der Waals surface area contributed by atoms with Crippen LogP contribution in [0.25, 0.3) is 0 Å². The molecule has 0 saturated carbocycles. The number of carbonyl (C=O) groups excluding carboxylic acids is 2. The Balaban J connectivity index is 1.48. The molecule has 0 saturated heterocycles. The van der Waals surface area contributed by atoms with Crippen molar-refractivity contribution in [3.8, 4) is 0 Å². The number of fused-ring (bicyclic) bond motifs is 1. The van der Waals surface area contributed by atoms with Crippen LogP contribution in [0.5, 0.6) is 0 Å². The van der Waals surface area contributed by atoms with Crippen LogP contribution in [0, 0.1) is 0 Å². The molecule has 0 fully saturated rings. The number of halogens is 1. The van der Waals surface area contributed by atoms with E-state index in [1.807, 2.05) is 48.5 Å². The van der Waals surface area contributed by atoms with Crippen molar-refractivity contribution < 1.29 is 19.5 Å². The highest BCUT2D eigenvalue weighted by Gasteiger charge is 2.28. The van der Waals surface area contributed by atoms with Crippen molar-refractivity contribution in [1.29, 1.82) is 0 Å². The number of urea groups is 1.